The Kier molecular flexibility index (Phi) is 7.04. The number of nitriles is 1. The van der Waals surface area contributed by atoms with Gasteiger partial charge >= 0.3 is 12.1 Å². The van der Waals surface area contributed by atoms with Gasteiger partial charge < -0.3 is 10.5 Å². The number of nitrogens with two attached hydrogens (primary N) is 1. The Morgan fingerprint density at radius 1 is 1.35 bits per heavy atom. The molecule has 0 aromatic heterocycles. The van der Waals surface area contributed by atoms with Crippen molar-refractivity contribution in [3.05, 3.63) is 35.4 Å². The third-order valence-electron chi connectivity index (χ3n) is 2.32. The molecule has 1 aromatic carbocycles. The van der Waals surface area contributed by atoms with Crippen LogP contribution in [0.2, 0.25) is 0 Å². The van der Waals surface area contributed by atoms with Crippen LogP contribution in [0.3, 0.4) is 0 Å². The van der Waals surface area contributed by atoms with Gasteiger partial charge in [0.1, 0.15) is 12.1 Å². The topological polar surface area (TPSA) is 76.1 Å². The van der Waals surface area contributed by atoms with E-state index in [1.165, 1.54) is 12.1 Å². The van der Waals surface area contributed by atoms with Crippen molar-refractivity contribution in [3.63, 3.8) is 0 Å². The van der Waals surface area contributed by atoms with E-state index >= 15 is 0 Å². The number of esters is 1. The van der Waals surface area contributed by atoms with Crippen LogP contribution in [0.5, 0.6) is 0 Å². The van der Waals surface area contributed by atoms with Gasteiger partial charge in [-0.2, -0.15) is 18.4 Å². The molecule has 0 fully saturated rings. The van der Waals surface area contributed by atoms with Crippen molar-refractivity contribution in [2.24, 2.45) is 5.73 Å². The summed E-state index contributed by atoms with van der Waals surface area (Å²) in [4.78, 5) is 11.3. The third kappa shape index (κ3) is 5.47. The zero-order chi connectivity index (χ0) is 14.5. The summed E-state index contributed by atoms with van der Waals surface area (Å²) < 4.78 is 41.5. The number of nitrogens with zero attached hydrogens (tertiary/aromatic N) is 1. The van der Waals surface area contributed by atoms with E-state index in [0.717, 1.165) is 12.1 Å². The van der Waals surface area contributed by atoms with Gasteiger partial charge in [-0.05, 0) is 24.1 Å². The van der Waals surface area contributed by atoms with Gasteiger partial charge in [0.15, 0.2) is 6.61 Å². The maximum atomic E-state index is 12.3. The molecule has 0 saturated carbocycles. The molecule has 110 valence electrons. The summed E-state index contributed by atoms with van der Waals surface area (Å²) in [5.74, 6) is -0.763. The first-order valence-electron chi connectivity index (χ1n) is 5.30. The first kappa shape index (κ1) is 18.2. The van der Waals surface area contributed by atoms with E-state index in [2.05, 4.69) is 4.74 Å². The molecule has 0 radical (unpaired) electrons. The highest BCUT2D eigenvalue weighted by Gasteiger charge is 2.30. The molecule has 0 saturated heterocycles. The van der Waals surface area contributed by atoms with Crippen LogP contribution in [0.15, 0.2) is 24.3 Å². The fourth-order valence-corrected chi connectivity index (χ4v) is 1.38. The minimum Gasteiger partial charge on any atom is -0.449 e. The highest BCUT2D eigenvalue weighted by molar-refractivity contribution is 5.85. The fourth-order valence-electron chi connectivity index (χ4n) is 1.38. The summed E-state index contributed by atoms with van der Waals surface area (Å²) in [6.07, 6.45) is -4.35. The van der Waals surface area contributed by atoms with Crippen LogP contribution in [-0.4, -0.2) is 18.6 Å². The standard InChI is InChI=1S/C12H11F3N2O2.ClH/c13-12(14,15)9-3-1-8(2-4-9)7-10(17)11(18)19-6-5-16;/h1-4,10H,6-7,17H2;1H. The number of halogens is 4. The summed E-state index contributed by atoms with van der Waals surface area (Å²) in [6, 6.07) is 4.95. The van der Waals surface area contributed by atoms with Crippen molar-refractivity contribution in [1.82, 2.24) is 0 Å². The van der Waals surface area contributed by atoms with Crippen molar-refractivity contribution in [1.29, 1.82) is 5.26 Å². The molecular weight excluding hydrogens is 297 g/mol. The van der Waals surface area contributed by atoms with E-state index in [-0.39, 0.29) is 18.8 Å². The molecule has 4 nitrogen and oxygen atoms in total. The van der Waals surface area contributed by atoms with Gasteiger partial charge in [0.2, 0.25) is 0 Å². The average molecular weight is 309 g/mol. The number of rotatable bonds is 4. The van der Waals surface area contributed by atoms with Gasteiger partial charge in [-0.25, -0.2) is 0 Å². The number of hydrogen-bond donors (Lipinski definition) is 1. The molecule has 8 heteroatoms. The van der Waals surface area contributed by atoms with Crippen LogP contribution in [0.1, 0.15) is 11.1 Å². The summed E-state index contributed by atoms with van der Waals surface area (Å²) in [5, 5.41) is 8.22. The Morgan fingerprint density at radius 2 is 1.90 bits per heavy atom. The highest BCUT2D eigenvalue weighted by Crippen LogP contribution is 2.29. The van der Waals surface area contributed by atoms with Crippen LogP contribution >= 0.6 is 12.4 Å². The summed E-state index contributed by atoms with van der Waals surface area (Å²) >= 11 is 0. The largest absolute Gasteiger partial charge is 0.449 e. The smallest absolute Gasteiger partial charge is 0.416 e. The highest BCUT2D eigenvalue weighted by atomic mass is 35.5. The normalized spacial score (nSPS) is 11.9. The van der Waals surface area contributed by atoms with Crippen LogP contribution in [0, 0.1) is 11.3 Å². The lowest BCUT2D eigenvalue weighted by Crippen LogP contribution is -2.34. The predicted molar refractivity (Wildman–Crippen MR) is 66.9 cm³/mol. The van der Waals surface area contributed by atoms with E-state index in [4.69, 9.17) is 11.0 Å². The average Bonchev–Trinajstić information content (AvgIpc) is 2.35. The fraction of sp³-hybridized carbons (Fsp3) is 0.333. The molecule has 0 amide bonds. The molecule has 1 unspecified atom stereocenters. The number of carbonyl (C=O) groups excluding carboxylic acids is 1. The van der Waals surface area contributed by atoms with E-state index in [1.807, 2.05) is 0 Å². The quantitative estimate of drug-likeness (QED) is 0.864. The minimum atomic E-state index is -4.40. The maximum Gasteiger partial charge on any atom is 0.416 e. The summed E-state index contributed by atoms with van der Waals surface area (Å²) in [7, 11) is 0. The van der Waals surface area contributed by atoms with Crippen LogP contribution in [-0.2, 0) is 22.1 Å². The van der Waals surface area contributed by atoms with Crippen LogP contribution in [0.25, 0.3) is 0 Å². The number of carbonyl (C=O) groups is 1. The molecule has 0 aliphatic heterocycles. The lowest BCUT2D eigenvalue weighted by atomic mass is 10.0. The third-order valence-corrected chi connectivity index (χ3v) is 2.32. The van der Waals surface area contributed by atoms with Gasteiger partial charge in [-0.15, -0.1) is 12.4 Å². The second kappa shape index (κ2) is 7.72. The van der Waals surface area contributed by atoms with Crippen molar-refractivity contribution in [3.8, 4) is 6.07 Å². The SMILES string of the molecule is Cl.N#CCOC(=O)C(N)Cc1ccc(C(F)(F)F)cc1. The molecule has 0 spiro atoms. The molecular formula is C12H12ClF3N2O2. The van der Waals surface area contributed by atoms with E-state index in [0.29, 0.717) is 5.56 Å². The predicted octanol–water partition coefficient (Wildman–Crippen LogP) is 2.06. The van der Waals surface area contributed by atoms with Gasteiger partial charge in [0, 0.05) is 0 Å². The van der Waals surface area contributed by atoms with Crippen molar-refractivity contribution in [2.75, 3.05) is 6.61 Å². The number of benzene rings is 1. The second-order valence-corrected chi connectivity index (χ2v) is 3.77. The molecule has 0 aliphatic carbocycles. The molecule has 0 aliphatic rings. The molecule has 20 heavy (non-hydrogen) atoms. The van der Waals surface area contributed by atoms with Crippen LogP contribution in [0.4, 0.5) is 13.2 Å². The Hall–Kier alpha value is -1.78. The molecule has 0 bridgehead atoms. The Labute approximate surface area is 119 Å². The first-order valence-corrected chi connectivity index (χ1v) is 5.30. The zero-order valence-electron chi connectivity index (χ0n) is 10.2. The van der Waals surface area contributed by atoms with E-state index in [9.17, 15) is 18.0 Å². The first-order chi connectivity index (χ1) is 8.84. The van der Waals surface area contributed by atoms with Gasteiger partial charge in [-0.1, -0.05) is 12.1 Å². The van der Waals surface area contributed by atoms with Gasteiger partial charge in [0.25, 0.3) is 0 Å². The zero-order valence-corrected chi connectivity index (χ0v) is 11.0. The van der Waals surface area contributed by atoms with E-state index < -0.39 is 30.4 Å². The van der Waals surface area contributed by atoms with E-state index in [1.54, 1.807) is 6.07 Å². The van der Waals surface area contributed by atoms with Gasteiger partial charge in [0.05, 0.1) is 5.56 Å². The number of ether oxygens (including phenoxy) is 1. The van der Waals surface area contributed by atoms with Crippen molar-refractivity contribution < 1.29 is 22.7 Å². The summed E-state index contributed by atoms with van der Waals surface area (Å²) in [5.41, 5.74) is 5.22. The molecule has 0 heterocycles. The van der Waals surface area contributed by atoms with Crippen molar-refractivity contribution in [2.45, 2.75) is 18.6 Å². The number of alkyl halides is 3. The Morgan fingerprint density at radius 3 is 2.35 bits per heavy atom. The second-order valence-electron chi connectivity index (χ2n) is 3.77. The summed E-state index contributed by atoms with van der Waals surface area (Å²) in [6.45, 7) is -0.403. The monoisotopic (exact) mass is 308 g/mol. The Bertz CT molecular complexity index is 483. The van der Waals surface area contributed by atoms with Crippen molar-refractivity contribution >= 4 is 18.4 Å². The van der Waals surface area contributed by atoms with Gasteiger partial charge in [-0.3, -0.25) is 4.79 Å². The Balaban J connectivity index is 0.00000361. The maximum absolute atomic E-state index is 12.3. The molecule has 1 aromatic rings. The minimum absolute atomic E-state index is 0. The molecule has 1 atom stereocenters. The molecule has 2 N–H and O–H groups in total. The lowest BCUT2D eigenvalue weighted by Gasteiger charge is -2.11. The molecule has 1 rings (SSSR count). The lowest BCUT2D eigenvalue weighted by molar-refractivity contribution is -0.143. The number of hydrogen-bond acceptors (Lipinski definition) is 4. The van der Waals surface area contributed by atoms with Crippen LogP contribution < -0.4 is 5.73 Å².